The second-order valence-corrected chi connectivity index (χ2v) is 4.93. The van der Waals surface area contributed by atoms with Crippen LogP contribution in [0, 0.1) is 0 Å². The van der Waals surface area contributed by atoms with Gasteiger partial charge in [0.1, 0.15) is 0 Å². The fourth-order valence-electron chi connectivity index (χ4n) is 1.67. The first-order chi connectivity index (χ1) is 8.25. The minimum Gasteiger partial charge on any atom is -0.306 e. The molecule has 0 saturated carbocycles. The number of aromatic nitrogens is 1. The molecule has 1 aromatic carbocycles. The predicted molar refractivity (Wildman–Crippen MR) is 73.6 cm³/mol. The van der Waals surface area contributed by atoms with Gasteiger partial charge in [0.05, 0.1) is 0 Å². The van der Waals surface area contributed by atoms with Crippen molar-refractivity contribution in [2.24, 2.45) is 0 Å². The number of hydrogen-bond donors (Lipinski definition) is 1. The van der Waals surface area contributed by atoms with E-state index in [9.17, 15) is 0 Å². The Morgan fingerprint density at radius 3 is 2.88 bits per heavy atom. The van der Waals surface area contributed by atoms with Crippen molar-refractivity contribution in [2.75, 3.05) is 0 Å². The summed E-state index contributed by atoms with van der Waals surface area (Å²) in [6.45, 7) is 3.00. The molecule has 88 valence electrons. The van der Waals surface area contributed by atoms with Crippen LogP contribution in [0.5, 0.6) is 0 Å². The van der Waals surface area contributed by atoms with E-state index in [1.807, 2.05) is 18.3 Å². The monoisotopic (exact) mass is 290 g/mol. The minimum atomic E-state index is 0.327. The molecule has 0 bridgehead atoms. The number of hydrogen-bond acceptors (Lipinski definition) is 2. The highest BCUT2D eigenvalue weighted by Gasteiger charge is 2.04. The highest BCUT2D eigenvalue weighted by molar-refractivity contribution is 9.10. The Bertz CT molecular complexity index is 471. The van der Waals surface area contributed by atoms with Crippen LogP contribution in [-0.2, 0) is 6.54 Å². The van der Waals surface area contributed by atoms with E-state index >= 15 is 0 Å². The Balaban J connectivity index is 1.96. The fraction of sp³-hybridized carbons (Fsp3) is 0.214. The molecule has 1 atom stereocenters. The van der Waals surface area contributed by atoms with Gasteiger partial charge in [-0.15, -0.1) is 0 Å². The lowest BCUT2D eigenvalue weighted by molar-refractivity contribution is 0.573. The molecule has 0 aliphatic carbocycles. The molecule has 0 fully saturated rings. The van der Waals surface area contributed by atoms with Crippen molar-refractivity contribution in [1.82, 2.24) is 10.3 Å². The van der Waals surface area contributed by atoms with Crippen molar-refractivity contribution in [3.63, 3.8) is 0 Å². The normalized spacial score (nSPS) is 12.4. The van der Waals surface area contributed by atoms with E-state index in [-0.39, 0.29) is 0 Å². The molecule has 0 amide bonds. The Labute approximate surface area is 110 Å². The summed E-state index contributed by atoms with van der Waals surface area (Å²) in [5.41, 5.74) is 2.48. The van der Waals surface area contributed by atoms with Crippen molar-refractivity contribution in [2.45, 2.75) is 19.5 Å². The summed E-state index contributed by atoms with van der Waals surface area (Å²) in [6.07, 6.45) is 3.68. The van der Waals surface area contributed by atoms with E-state index < -0.39 is 0 Å². The maximum atomic E-state index is 4.10. The molecule has 3 heteroatoms. The van der Waals surface area contributed by atoms with Gasteiger partial charge in [-0.1, -0.05) is 34.1 Å². The van der Waals surface area contributed by atoms with Crippen LogP contribution in [0.25, 0.3) is 0 Å². The smallest absolute Gasteiger partial charge is 0.0312 e. The lowest BCUT2D eigenvalue weighted by Gasteiger charge is -2.14. The van der Waals surface area contributed by atoms with Crippen molar-refractivity contribution in [3.05, 3.63) is 64.4 Å². The summed E-state index contributed by atoms with van der Waals surface area (Å²) in [5, 5.41) is 3.48. The molecular weight excluding hydrogens is 276 g/mol. The summed E-state index contributed by atoms with van der Waals surface area (Å²) >= 11 is 3.49. The van der Waals surface area contributed by atoms with Gasteiger partial charge in [0.2, 0.25) is 0 Å². The quantitative estimate of drug-likeness (QED) is 0.929. The zero-order chi connectivity index (χ0) is 12.1. The maximum Gasteiger partial charge on any atom is 0.0312 e. The van der Waals surface area contributed by atoms with Crippen LogP contribution in [0.3, 0.4) is 0 Å². The molecule has 1 heterocycles. The van der Waals surface area contributed by atoms with Gasteiger partial charge in [-0.3, -0.25) is 4.98 Å². The largest absolute Gasteiger partial charge is 0.306 e. The van der Waals surface area contributed by atoms with Crippen LogP contribution in [0.15, 0.2) is 53.3 Å². The number of rotatable bonds is 4. The molecule has 0 saturated heterocycles. The molecule has 1 aromatic heterocycles. The number of benzene rings is 1. The molecule has 0 radical (unpaired) electrons. The second kappa shape index (κ2) is 5.94. The van der Waals surface area contributed by atoms with E-state index in [4.69, 9.17) is 0 Å². The first kappa shape index (κ1) is 12.3. The fourth-order valence-corrected chi connectivity index (χ4v) is 2.08. The first-order valence-electron chi connectivity index (χ1n) is 5.63. The summed E-state index contributed by atoms with van der Waals surface area (Å²) in [4.78, 5) is 4.10. The topological polar surface area (TPSA) is 24.9 Å². The molecule has 2 nitrogen and oxygen atoms in total. The van der Waals surface area contributed by atoms with Crippen molar-refractivity contribution in [3.8, 4) is 0 Å². The van der Waals surface area contributed by atoms with E-state index in [0.29, 0.717) is 6.04 Å². The molecular formula is C14H15BrN2. The zero-order valence-corrected chi connectivity index (χ0v) is 11.3. The Morgan fingerprint density at radius 1 is 1.29 bits per heavy atom. The number of pyridine rings is 1. The summed E-state index contributed by atoms with van der Waals surface area (Å²) in [5.74, 6) is 0. The van der Waals surface area contributed by atoms with Gasteiger partial charge in [-0.25, -0.2) is 0 Å². The first-order valence-corrected chi connectivity index (χ1v) is 6.43. The van der Waals surface area contributed by atoms with Gasteiger partial charge in [0.25, 0.3) is 0 Å². The van der Waals surface area contributed by atoms with Crippen molar-refractivity contribution >= 4 is 15.9 Å². The predicted octanol–water partition coefficient (Wildman–Crippen LogP) is 3.69. The van der Waals surface area contributed by atoms with E-state index in [1.165, 1.54) is 11.1 Å². The van der Waals surface area contributed by atoms with E-state index in [2.05, 4.69) is 57.4 Å². The van der Waals surface area contributed by atoms with Gasteiger partial charge in [-0.2, -0.15) is 0 Å². The summed E-state index contributed by atoms with van der Waals surface area (Å²) in [6, 6.07) is 12.7. The van der Waals surface area contributed by atoms with Crippen LogP contribution in [0.1, 0.15) is 24.1 Å². The van der Waals surface area contributed by atoms with Crippen LogP contribution in [0.2, 0.25) is 0 Å². The van der Waals surface area contributed by atoms with Crippen LogP contribution < -0.4 is 5.32 Å². The van der Waals surface area contributed by atoms with Crippen LogP contribution in [0.4, 0.5) is 0 Å². The molecule has 0 aliphatic heterocycles. The third-order valence-electron chi connectivity index (χ3n) is 2.68. The van der Waals surface area contributed by atoms with Gasteiger partial charge in [0.15, 0.2) is 0 Å². The molecule has 2 rings (SSSR count). The SMILES string of the molecule is CC(NCc1cccnc1)c1cccc(Br)c1. The van der Waals surface area contributed by atoms with E-state index in [1.54, 1.807) is 6.20 Å². The lowest BCUT2D eigenvalue weighted by Crippen LogP contribution is -2.18. The molecule has 2 aromatic rings. The van der Waals surface area contributed by atoms with Gasteiger partial charge < -0.3 is 5.32 Å². The number of nitrogens with zero attached hydrogens (tertiary/aromatic N) is 1. The average Bonchev–Trinajstić information content (AvgIpc) is 2.37. The molecule has 1 N–H and O–H groups in total. The summed E-state index contributed by atoms with van der Waals surface area (Å²) in [7, 11) is 0. The third-order valence-corrected chi connectivity index (χ3v) is 3.18. The second-order valence-electron chi connectivity index (χ2n) is 4.02. The minimum absolute atomic E-state index is 0.327. The Hall–Kier alpha value is -1.19. The van der Waals surface area contributed by atoms with Crippen molar-refractivity contribution in [1.29, 1.82) is 0 Å². The Kier molecular flexibility index (Phi) is 4.29. The highest BCUT2D eigenvalue weighted by atomic mass is 79.9. The zero-order valence-electron chi connectivity index (χ0n) is 9.73. The molecule has 0 aliphatic rings. The van der Waals surface area contributed by atoms with Crippen LogP contribution in [-0.4, -0.2) is 4.98 Å². The van der Waals surface area contributed by atoms with Gasteiger partial charge >= 0.3 is 0 Å². The molecule has 17 heavy (non-hydrogen) atoms. The van der Waals surface area contributed by atoms with E-state index in [0.717, 1.165) is 11.0 Å². The highest BCUT2D eigenvalue weighted by Crippen LogP contribution is 2.18. The van der Waals surface area contributed by atoms with Crippen molar-refractivity contribution < 1.29 is 0 Å². The number of halogens is 1. The third kappa shape index (κ3) is 3.65. The number of nitrogens with one attached hydrogen (secondary N) is 1. The molecule has 1 unspecified atom stereocenters. The van der Waals surface area contributed by atoms with Gasteiger partial charge in [0, 0.05) is 29.5 Å². The average molecular weight is 291 g/mol. The molecule has 0 spiro atoms. The Morgan fingerprint density at radius 2 is 2.18 bits per heavy atom. The van der Waals surface area contributed by atoms with Crippen LogP contribution >= 0.6 is 15.9 Å². The maximum absolute atomic E-state index is 4.10. The lowest BCUT2D eigenvalue weighted by atomic mass is 10.1. The standard InChI is InChI=1S/C14H15BrN2/c1-11(13-5-2-6-14(15)8-13)17-10-12-4-3-7-16-9-12/h2-9,11,17H,10H2,1H3. The summed E-state index contributed by atoms with van der Waals surface area (Å²) < 4.78 is 1.12. The van der Waals surface area contributed by atoms with Gasteiger partial charge in [-0.05, 0) is 36.2 Å².